The number of nitrogens with one attached hydrogen (secondary N) is 1. The van der Waals surface area contributed by atoms with E-state index in [4.69, 9.17) is 11.6 Å². The third-order valence-electron chi connectivity index (χ3n) is 5.94. The minimum Gasteiger partial charge on any atom is -0.368 e. The topological polar surface area (TPSA) is 69.7 Å². The second-order valence-electron chi connectivity index (χ2n) is 8.17. The first-order chi connectivity index (χ1) is 15.2. The summed E-state index contributed by atoms with van der Waals surface area (Å²) in [6.45, 7) is 2.63. The lowest BCUT2D eigenvalue weighted by Crippen LogP contribution is -2.56. The van der Waals surface area contributed by atoms with Crippen molar-refractivity contribution in [2.45, 2.75) is 32.2 Å². The Hall–Kier alpha value is -3.00. The Kier molecular flexibility index (Phi) is 6.15. The van der Waals surface area contributed by atoms with E-state index >= 15 is 0 Å². The zero-order chi connectivity index (χ0) is 23.0. The van der Waals surface area contributed by atoms with Gasteiger partial charge in [0.25, 0.3) is 0 Å². The second kappa shape index (κ2) is 8.86. The van der Waals surface area contributed by atoms with Crippen LogP contribution in [-0.2, 0) is 27.2 Å². The summed E-state index contributed by atoms with van der Waals surface area (Å²) < 4.78 is 27.6. The highest BCUT2D eigenvalue weighted by Crippen LogP contribution is 2.27. The maximum atomic E-state index is 13.8. The van der Waals surface area contributed by atoms with Crippen molar-refractivity contribution in [3.05, 3.63) is 58.1 Å². The molecule has 0 saturated carbocycles. The highest BCUT2D eigenvalue weighted by Gasteiger charge is 2.32. The molecule has 2 aromatic rings. The van der Waals surface area contributed by atoms with Crippen LogP contribution in [0.3, 0.4) is 0 Å². The average Bonchev–Trinajstić information content (AvgIpc) is 2.76. The minimum absolute atomic E-state index is 0.196. The molecule has 9 heteroatoms. The first-order valence-corrected chi connectivity index (χ1v) is 10.8. The largest absolute Gasteiger partial charge is 0.368 e. The molecule has 0 bridgehead atoms. The summed E-state index contributed by atoms with van der Waals surface area (Å²) in [7, 11) is 0. The van der Waals surface area contributed by atoms with Crippen LogP contribution in [0.15, 0.2) is 30.3 Å². The highest BCUT2D eigenvalue weighted by molar-refractivity contribution is 6.39. The van der Waals surface area contributed by atoms with Gasteiger partial charge in [0, 0.05) is 49.9 Å². The molecular formula is C23H22ClF2N3O3. The van der Waals surface area contributed by atoms with Crippen LogP contribution >= 0.6 is 11.6 Å². The van der Waals surface area contributed by atoms with Crippen molar-refractivity contribution in [2.75, 3.05) is 29.9 Å². The van der Waals surface area contributed by atoms with Crippen molar-refractivity contribution < 1.29 is 23.2 Å². The number of Topliss-reactive ketones (excluding diaryl/α,β-unsaturated/α-hetero) is 1. The van der Waals surface area contributed by atoms with E-state index in [1.165, 1.54) is 4.90 Å². The van der Waals surface area contributed by atoms with Crippen LogP contribution in [0.25, 0.3) is 0 Å². The molecule has 1 saturated heterocycles. The van der Waals surface area contributed by atoms with Gasteiger partial charge >= 0.3 is 11.8 Å². The molecule has 32 heavy (non-hydrogen) atoms. The number of aryl methyl sites for hydroxylation is 1. The maximum Gasteiger partial charge on any atom is 0.313 e. The lowest BCUT2D eigenvalue weighted by molar-refractivity contribution is -0.144. The number of ketones is 1. The number of fused-ring (bicyclic) bond motifs is 1. The number of amides is 2. The van der Waals surface area contributed by atoms with Crippen LogP contribution in [0.2, 0.25) is 5.02 Å². The van der Waals surface area contributed by atoms with Gasteiger partial charge in [0.1, 0.15) is 22.4 Å². The molecule has 0 unspecified atom stereocenters. The van der Waals surface area contributed by atoms with Crippen LogP contribution in [0, 0.1) is 11.6 Å². The predicted molar refractivity (Wildman–Crippen MR) is 117 cm³/mol. The van der Waals surface area contributed by atoms with Crippen LogP contribution in [0.5, 0.6) is 0 Å². The first-order valence-electron chi connectivity index (χ1n) is 10.4. The van der Waals surface area contributed by atoms with Gasteiger partial charge in [-0.2, -0.15) is 0 Å². The van der Waals surface area contributed by atoms with E-state index in [0.717, 1.165) is 23.3 Å². The molecule has 6 nitrogen and oxygen atoms in total. The van der Waals surface area contributed by atoms with E-state index in [1.807, 2.05) is 0 Å². The molecule has 0 spiro atoms. The maximum absolute atomic E-state index is 13.8. The lowest BCUT2D eigenvalue weighted by atomic mass is 9.90. The number of nitrogens with zero attached hydrogens (tertiary/aromatic N) is 2. The normalized spacial score (nSPS) is 18.4. The van der Waals surface area contributed by atoms with Gasteiger partial charge < -0.3 is 15.1 Å². The molecule has 2 aromatic carbocycles. The summed E-state index contributed by atoms with van der Waals surface area (Å²) in [4.78, 5) is 40.1. The van der Waals surface area contributed by atoms with E-state index in [2.05, 4.69) is 5.32 Å². The summed E-state index contributed by atoms with van der Waals surface area (Å²) in [6, 6.07) is 7.26. The van der Waals surface area contributed by atoms with Gasteiger partial charge in [-0.05, 0) is 48.7 Å². The number of hydrogen-bond acceptors (Lipinski definition) is 4. The molecule has 1 aliphatic heterocycles. The Morgan fingerprint density at radius 1 is 1.06 bits per heavy atom. The molecule has 1 heterocycles. The predicted octanol–water partition coefficient (Wildman–Crippen LogP) is 3.35. The fraction of sp³-hybridized carbons (Fsp3) is 0.348. The molecule has 0 radical (unpaired) electrons. The zero-order valence-corrected chi connectivity index (χ0v) is 18.2. The van der Waals surface area contributed by atoms with Crippen molar-refractivity contribution in [1.82, 2.24) is 4.90 Å². The summed E-state index contributed by atoms with van der Waals surface area (Å²) >= 11 is 5.55. The summed E-state index contributed by atoms with van der Waals surface area (Å²) in [5.74, 6) is -2.91. The third kappa shape index (κ3) is 4.46. The van der Waals surface area contributed by atoms with Gasteiger partial charge in [-0.25, -0.2) is 8.78 Å². The number of carbonyl (C=O) groups excluding carboxylic acids is 3. The van der Waals surface area contributed by atoms with Crippen LogP contribution in [0.1, 0.15) is 24.5 Å². The number of rotatable bonds is 2. The molecule has 0 aromatic heterocycles. The van der Waals surface area contributed by atoms with Crippen molar-refractivity contribution >= 4 is 40.6 Å². The van der Waals surface area contributed by atoms with E-state index in [-0.39, 0.29) is 18.4 Å². The molecule has 1 N–H and O–H groups in total. The number of carbonyl (C=O) groups is 3. The molecule has 1 fully saturated rings. The third-order valence-corrected chi connectivity index (χ3v) is 6.30. The van der Waals surface area contributed by atoms with Crippen molar-refractivity contribution in [3.63, 3.8) is 0 Å². The van der Waals surface area contributed by atoms with Gasteiger partial charge in [-0.15, -0.1) is 0 Å². The van der Waals surface area contributed by atoms with Crippen molar-refractivity contribution in [2.24, 2.45) is 0 Å². The van der Waals surface area contributed by atoms with Crippen LogP contribution in [0.4, 0.5) is 20.2 Å². The summed E-state index contributed by atoms with van der Waals surface area (Å²) in [5.41, 5.74) is 2.79. The fourth-order valence-corrected chi connectivity index (χ4v) is 4.33. The molecule has 1 aliphatic carbocycles. The number of hydrogen-bond donors (Lipinski definition) is 1. The number of halogens is 3. The minimum atomic E-state index is -0.846. The second-order valence-corrected chi connectivity index (χ2v) is 8.55. The molecular weight excluding hydrogens is 440 g/mol. The monoisotopic (exact) mass is 461 g/mol. The Balaban J connectivity index is 1.40. The summed E-state index contributed by atoms with van der Waals surface area (Å²) in [6.07, 6.45) is 1.49. The van der Waals surface area contributed by atoms with Crippen LogP contribution in [-0.4, -0.2) is 48.2 Å². The van der Waals surface area contributed by atoms with E-state index in [1.54, 1.807) is 30.0 Å². The molecule has 2 amide bonds. The lowest BCUT2D eigenvalue weighted by Gasteiger charge is -2.40. The number of benzene rings is 2. The quantitative estimate of drug-likeness (QED) is 0.550. The Labute approximate surface area is 189 Å². The molecule has 2 aliphatic rings. The highest BCUT2D eigenvalue weighted by atomic mass is 35.5. The number of piperazine rings is 1. The average molecular weight is 462 g/mol. The fourth-order valence-electron chi connectivity index (χ4n) is 4.22. The van der Waals surface area contributed by atoms with Crippen molar-refractivity contribution in [3.8, 4) is 0 Å². The van der Waals surface area contributed by atoms with Gasteiger partial charge in [-0.1, -0.05) is 17.7 Å². The molecule has 1 atom stereocenters. The van der Waals surface area contributed by atoms with Gasteiger partial charge in [-0.3, -0.25) is 14.4 Å². The molecule has 4 rings (SSSR count). The van der Waals surface area contributed by atoms with E-state index < -0.39 is 28.5 Å². The Bertz CT molecular complexity index is 1080. The Morgan fingerprint density at radius 2 is 1.78 bits per heavy atom. The van der Waals surface area contributed by atoms with Crippen LogP contribution < -0.4 is 10.2 Å². The van der Waals surface area contributed by atoms with Gasteiger partial charge in [0.15, 0.2) is 0 Å². The van der Waals surface area contributed by atoms with Crippen molar-refractivity contribution in [1.29, 1.82) is 0 Å². The summed E-state index contributed by atoms with van der Waals surface area (Å²) in [5, 5.41) is 2.09. The van der Waals surface area contributed by atoms with Gasteiger partial charge in [0.2, 0.25) is 0 Å². The smallest absolute Gasteiger partial charge is 0.313 e. The zero-order valence-electron chi connectivity index (χ0n) is 17.5. The van der Waals surface area contributed by atoms with E-state index in [0.29, 0.717) is 43.7 Å². The number of anilines is 2. The first kappa shape index (κ1) is 22.2. The standard InChI is InChI=1S/C23H22ClF2N3O3/c1-13-12-28(17-10-19(25)21(24)20(26)11-17)6-7-29(13)23(32)22(31)27-16-4-2-15-9-18(30)5-3-14(15)8-16/h2,4,8,10-11,13H,3,5-7,9,12H2,1H3,(H,27,31)/t13-/m1/s1. The Morgan fingerprint density at radius 3 is 2.47 bits per heavy atom. The SMILES string of the molecule is C[C@@H]1CN(c2cc(F)c(Cl)c(F)c2)CCN1C(=O)C(=O)Nc1ccc2c(c1)CCC(=O)C2. The molecule has 168 valence electrons. The van der Waals surface area contributed by atoms with E-state index in [9.17, 15) is 23.2 Å². The van der Waals surface area contributed by atoms with Gasteiger partial charge in [0.05, 0.1) is 0 Å².